The van der Waals surface area contributed by atoms with Crippen molar-refractivity contribution in [3.05, 3.63) is 36.0 Å². The van der Waals surface area contributed by atoms with Gasteiger partial charge in [0.25, 0.3) is 0 Å². The highest BCUT2D eigenvalue weighted by molar-refractivity contribution is 5.76. The molecule has 0 radical (unpaired) electrons. The van der Waals surface area contributed by atoms with Crippen molar-refractivity contribution in [3.8, 4) is 5.75 Å². The molecule has 0 atom stereocenters. The molecular formula is C13H18N2O2. The molecule has 4 nitrogen and oxygen atoms in total. The zero-order chi connectivity index (χ0) is 12.7. The fraction of sp³-hybridized carbons (Fsp3) is 0.308. The average Bonchev–Trinajstić information content (AvgIpc) is 2.28. The van der Waals surface area contributed by atoms with Crippen LogP contribution in [0.25, 0.3) is 6.08 Å². The lowest BCUT2D eigenvalue weighted by Gasteiger charge is -2.07. The summed E-state index contributed by atoms with van der Waals surface area (Å²) >= 11 is 0. The molecule has 0 aliphatic heterocycles. The van der Waals surface area contributed by atoms with E-state index in [1.165, 1.54) is 0 Å². The van der Waals surface area contributed by atoms with Crippen LogP contribution in [0.3, 0.4) is 0 Å². The summed E-state index contributed by atoms with van der Waals surface area (Å²) < 4.78 is 5.19. The maximum absolute atomic E-state index is 11.3. The first kappa shape index (κ1) is 13.1. The number of urea groups is 1. The molecule has 0 saturated carbocycles. The quantitative estimate of drug-likeness (QED) is 0.840. The van der Waals surface area contributed by atoms with E-state index in [0.29, 0.717) is 0 Å². The topological polar surface area (TPSA) is 50.4 Å². The summed E-state index contributed by atoms with van der Waals surface area (Å²) in [6.45, 7) is 3.81. The molecule has 0 unspecified atom stereocenters. The molecule has 0 aliphatic rings. The largest absolute Gasteiger partial charge is 0.496 e. The summed E-state index contributed by atoms with van der Waals surface area (Å²) in [7, 11) is 1.62. The number of hydrogen-bond acceptors (Lipinski definition) is 2. The van der Waals surface area contributed by atoms with Crippen molar-refractivity contribution < 1.29 is 9.53 Å². The molecule has 0 saturated heterocycles. The number of nitrogens with one attached hydrogen (secondary N) is 2. The van der Waals surface area contributed by atoms with Gasteiger partial charge in [-0.05, 0) is 26.0 Å². The minimum atomic E-state index is -0.217. The van der Waals surface area contributed by atoms with Crippen molar-refractivity contribution in [2.75, 3.05) is 7.11 Å². The molecule has 92 valence electrons. The van der Waals surface area contributed by atoms with Gasteiger partial charge in [-0.2, -0.15) is 0 Å². The lowest BCUT2D eigenvalue weighted by Crippen LogP contribution is -2.36. The first-order chi connectivity index (χ1) is 8.13. The van der Waals surface area contributed by atoms with Gasteiger partial charge in [0.1, 0.15) is 5.75 Å². The molecule has 2 amide bonds. The summed E-state index contributed by atoms with van der Waals surface area (Å²) in [6.07, 6.45) is 3.38. The van der Waals surface area contributed by atoms with Crippen LogP contribution < -0.4 is 15.4 Å². The van der Waals surface area contributed by atoms with Crippen LogP contribution in [0.15, 0.2) is 30.5 Å². The molecule has 17 heavy (non-hydrogen) atoms. The molecule has 1 aromatic carbocycles. The molecule has 1 aromatic rings. The number of rotatable bonds is 4. The molecule has 0 aliphatic carbocycles. The van der Waals surface area contributed by atoms with Gasteiger partial charge < -0.3 is 15.4 Å². The Morgan fingerprint density at radius 2 is 2.06 bits per heavy atom. The second-order valence-corrected chi connectivity index (χ2v) is 3.85. The first-order valence-corrected chi connectivity index (χ1v) is 5.50. The normalized spacial score (nSPS) is 10.6. The van der Waals surface area contributed by atoms with Gasteiger partial charge in [-0.15, -0.1) is 0 Å². The fourth-order valence-corrected chi connectivity index (χ4v) is 1.32. The minimum absolute atomic E-state index is 0.120. The number of para-hydroxylation sites is 1. The number of carbonyl (C=O) groups is 1. The van der Waals surface area contributed by atoms with Gasteiger partial charge in [-0.25, -0.2) is 4.79 Å². The first-order valence-electron chi connectivity index (χ1n) is 5.50. The standard InChI is InChI=1S/C13H18N2O2/c1-10(2)15-13(16)14-9-8-11-6-4-5-7-12(11)17-3/h4-10H,1-3H3,(H2,14,15,16)/b9-8+. The predicted molar refractivity (Wildman–Crippen MR) is 68.8 cm³/mol. The van der Waals surface area contributed by atoms with Crippen LogP contribution in [-0.4, -0.2) is 19.2 Å². The monoisotopic (exact) mass is 234 g/mol. The second kappa shape index (κ2) is 6.58. The zero-order valence-corrected chi connectivity index (χ0v) is 10.4. The third-order valence-electron chi connectivity index (χ3n) is 2.04. The van der Waals surface area contributed by atoms with Crippen LogP contribution in [-0.2, 0) is 0 Å². The Balaban J connectivity index is 2.56. The number of hydrogen-bond donors (Lipinski definition) is 2. The number of methoxy groups -OCH3 is 1. The fourth-order valence-electron chi connectivity index (χ4n) is 1.32. The van der Waals surface area contributed by atoms with Crippen molar-refractivity contribution >= 4 is 12.1 Å². The molecule has 0 spiro atoms. The molecule has 0 heterocycles. The Kier molecular flexibility index (Phi) is 5.07. The SMILES string of the molecule is COc1ccccc1/C=C/NC(=O)NC(C)C. The molecule has 1 rings (SSSR count). The molecule has 4 heteroatoms. The summed E-state index contributed by atoms with van der Waals surface area (Å²) in [6, 6.07) is 7.50. The highest BCUT2D eigenvalue weighted by atomic mass is 16.5. The second-order valence-electron chi connectivity index (χ2n) is 3.85. The Morgan fingerprint density at radius 3 is 2.71 bits per heavy atom. The Morgan fingerprint density at radius 1 is 1.35 bits per heavy atom. The van der Waals surface area contributed by atoms with E-state index in [9.17, 15) is 4.79 Å². The molecular weight excluding hydrogens is 216 g/mol. The highest BCUT2D eigenvalue weighted by Crippen LogP contribution is 2.17. The van der Waals surface area contributed by atoms with E-state index in [1.807, 2.05) is 38.1 Å². The van der Waals surface area contributed by atoms with Gasteiger partial charge in [0.15, 0.2) is 0 Å². The Bertz CT molecular complexity index is 400. The number of amides is 2. The van der Waals surface area contributed by atoms with E-state index in [4.69, 9.17) is 4.74 Å². The van der Waals surface area contributed by atoms with Gasteiger partial charge in [-0.3, -0.25) is 0 Å². The van der Waals surface area contributed by atoms with Crippen LogP contribution in [0.2, 0.25) is 0 Å². The summed E-state index contributed by atoms with van der Waals surface area (Å²) in [5.74, 6) is 0.773. The number of ether oxygens (including phenoxy) is 1. The maximum Gasteiger partial charge on any atom is 0.318 e. The molecule has 0 aromatic heterocycles. The van der Waals surface area contributed by atoms with E-state index >= 15 is 0 Å². The lowest BCUT2D eigenvalue weighted by molar-refractivity contribution is 0.242. The van der Waals surface area contributed by atoms with Crippen LogP contribution in [0, 0.1) is 0 Å². The van der Waals surface area contributed by atoms with Crippen molar-refractivity contribution in [2.24, 2.45) is 0 Å². The van der Waals surface area contributed by atoms with Crippen LogP contribution in [0.4, 0.5) is 4.79 Å². The summed E-state index contributed by atoms with van der Waals surface area (Å²) in [5, 5.41) is 5.35. The van der Waals surface area contributed by atoms with Crippen LogP contribution in [0.5, 0.6) is 5.75 Å². The number of benzene rings is 1. The van der Waals surface area contributed by atoms with E-state index < -0.39 is 0 Å². The summed E-state index contributed by atoms with van der Waals surface area (Å²) in [4.78, 5) is 11.3. The minimum Gasteiger partial charge on any atom is -0.496 e. The molecule has 0 fully saturated rings. The Hall–Kier alpha value is -1.97. The van der Waals surface area contributed by atoms with Gasteiger partial charge in [0.2, 0.25) is 0 Å². The van der Waals surface area contributed by atoms with E-state index in [0.717, 1.165) is 11.3 Å². The van der Waals surface area contributed by atoms with Gasteiger partial charge >= 0.3 is 6.03 Å². The average molecular weight is 234 g/mol. The van der Waals surface area contributed by atoms with Crippen molar-refractivity contribution in [3.63, 3.8) is 0 Å². The van der Waals surface area contributed by atoms with Crippen LogP contribution >= 0.6 is 0 Å². The van der Waals surface area contributed by atoms with E-state index in [-0.39, 0.29) is 12.1 Å². The van der Waals surface area contributed by atoms with Gasteiger partial charge in [0, 0.05) is 17.8 Å². The third-order valence-corrected chi connectivity index (χ3v) is 2.04. The molecule has 2 N–H and O–H groups in total. The van der Waals surface area contributed by atoms with Gasteiger partial charge in [0.05, 0.1) is 7.11 Å². The maximum atomic E-state index is 11.3. The van der Waals surface area contributed by atoms with Crippen molar-refractivity contribution in [1.29, 1.82) is 0 Å². The van der Waals surface area contributed by atoms with Crippen molar-refractivity contribution in [2.45, 2.75) is 19.9 Å². The van der Waals surface area contributed by atoms with Crippen molar-refractivity contribution in [1.82, 2.24) is 10.6 Å². The van der Waals surface area contributed by atoms with Crippen LogP contribution in [0.1, 0.15) is 19.4 Å². The predicted octanol–water partition coefficient (Wildman–Crippen LogP) is 2.37. The highest BCUT2D eigenvalue weighted by Gasteiger charge is 1.99. The molecule has 0 bridgehead atoms. The Labute approximate surface area is 102 Å². The smallest absolute Gasteiger partial charge is 0.318 e. The number of carbonyl (C=O) groups excluding carboxylic acids is 1. The zero-order valence-electron chi connectivity index (χ0n) is 10.4. The third kappa shape index (κ3) is 4.59. The lowest BCUT2D eigenvalue weighted by atomic mass is 10.2. The van der Waals surface area contributed by atoms with E-state index in [2.05, 4.69) is 10.6 Å². The van der Waals surface area contributed by atoms with Gasteiger partial charge in [-0.1, -0.05) is 18.2 Å². The summed E-state index contributed by atoms with van der Waals surface area (Å²) in [5.41, 5.74) is 0.917. The van der Waals surface area contributed by atoms with E-state index in [1.54, 1.807) is 19.4 Å².